The summed E-state index contributed by atoms with van der Waals surface area (Å²) >= 11 is 0. The van der Waals surface area contributed by atoms with E-state index in [-0.39, 0.29) is 17.8 Å². The number of hydrogen-bond acceptors (Lipinski definition) is 4. The Morgan fingerprint density at radius 1 is 0.968 bits per heavy atom. The van der Waals surface area contributed by atoms with E-state index in [9.17, 15) is 9.18 Å². The molecule has 2 heterocycles. The number of rotatable bonds is 6. The molecule has 5 nitrogen and oxygen atoms in total. The zero-order valence-electron chi connectivity index (χ0n) is 18.1. The van der Waals surface area contributed by atoms with Crippen molar-refractivity contribution in [2.45, 2.75) is 44.2 Å². The summed E-state index contributed by atoms with van der Waals surface area (Å²) in [5.74, 6) is 1.06. The third kappa shape index (κ3) is 5.56. The van der Waals surface area contributed by atoms with Crippen molar-refractivity contribution in [2.24, 2.45) is 0 Å². The monoisotopic (exact) mass is 426 g/mol. The Bertz CT molecular complexity index is 857. The molecule has 31 heavy (non-hydrogen) atoms. The first kappa shape index (κ1) is 21.6. The third-order valence-corrected chi connectivity index (χ3v) is 6.45. The normalized spacial score (nSPS) is 18.7. The van der Waals surface area contributed by atoms with Crippen molar-refractivity contribution in [1.29, 1.82) is 0 Å². The summed E-state index contributed by atoms with van der Waals surface area (Å²) in [7, 11) is 1.64. The highest BCUT2D eigenvalue weighted by atomic mass is 19.1. The number of benzene rings is 2. The van der Waals surface area contributed by atoms with Crippen molar-refractivity contribution in [3.8, 4) is 11.5 Å². The molecule has 0 atom stereocenters. The van der Waals surface area contributed by atoms with Crippen LogP contribution in [0.1, 0.15) is 31.2 Å². The number of amides is 1. The van der Waals surface area contributed by atoms with E-state index in [1.165, 1.54) is 6.07 Å². The second-order valence-electron chi connectivity index (χ2n) is 8.42. The van der Waals surface area contributed by atoms with Gasteiger partial charge in [-0.05, 0) is 55.5 Å². The summed E-state index contributed by atoms with van der Waals surface area (Å²) in [4.78, 5) is 17.2. The topological polar surface area (TPSA) is 42.0 Å². The molecule has 166 valence electrons. The molecule has 2 saturated heterocycles. The summed E-state index contributed by atoms with van der Waals surface area (Å²) in [5.41, 5.74) is 1.02. The van der Waals surface area contributed by atoms with Crippen LogP contribution in [0, 0.1) is 5.82 Å². The average Bonchev–Trinajstić information content (AvgIpc) is 2.82. The molecule has 2 fully saturated rings. The number of halogens is 1. The number of methoxy groups -OCH3 is 1. The van der Waals surface area contributed by atoms with Gasteiger partial charge in [0.1, 0.15) is 11.9 Å². The number of ether oxygens (including phenoxy) is 2. The average molecular weight is 427 g/mol. The van der Waals surface area contributed by atoms with Crippen LogP contribution in [0.4, 0.5) is 4.39 Å². The predicted octanol–water partition coefficient (Wildman–Crippen LogP) is 3.91. The maximum atomic E-state index is 13.8. The van der Waals surface area contributed by atoms with Gasteiger partial charge in [0.25, 0.3) is 0 Å². The number of carbonyl (C=O) groups excluding carboxylic acids is 1. The van der Waals surface area contributed by atoms with E-state index in [4.69, 9.17) is 9.47 Å². The molecule has 0 aliphatic carbocycles. The van der Waals surface area contributed by atoms with E-state index in [0.717, 1.165) is 63.2 Å². The first-order valence-corrected chi connectivity index (χ1v) is 11.2. The Morgan fingerprint density at radius 3 is 2.29 bits per heavy atom. The molecule has 1 amide bonds. The fourth-order valence-corrected chi connectivity index (χ4v) is 4.59. The van der Waals surface area contributed by atoms with Crippen LogP contribution in [0.2, 0.25) is 0 Å². The molecule has 2 aliphatic heterocycles. The van der Waals surface area contributed by atoms with Gasteiger partial charge in [0.2, 0.25) is 5.91 Å². The van der Waals surface area contributed by atoms with E-state index < -0.39 is 0 Å². The van der Waals surface area contributed by atoms with Gasteiger partial charge in [-0.3, -0.25) is 9.69 Å². The second kappa shape index (κ2) is 10.1. The maximum Gasteiger partial charge on any atom is 0.226 e. The minimum absolute atomic E-state index is 0.0688. The second-order valence-corrected chi connectivity index (χ2v) is 8.42. The molecule has 4 rings (SSSR count). The number of piperidine rings is 2. The van der Waals surface area contributed by atoms with E-state index >= 15 is 0 Å². The van der Waals surface area contributed by atoms with E-state index in [1.807, 2.05) is 29.2 Å². The van der Waals surface area contributed by atoms with Crippen molar-refractivity contribution in [2.75, 3.05) is 33.3 Å². The fraction of sp³-hybridized carbons (Fsp3) is 0.480. The molecule has 2 aromatic carbocycles. The number of nitrogens with zero attached hydrogens (tertiary/aromatic N) is 2. The van der Waals surface area contributed by atoms with Gasteiger partial charge >= 0.3 is 0 Å². The summed E-state index contributed by atoms with van der Waals surface area (Å²) < 4.78 is 24.9. The molecule has 2 aromatic rings. The van der Waals surface area contributed by atoms with Crippen LogP contribution in [-0.2, 0) is 11.2 Å². The van der Waals surface area contributed by atoms with E-state index in [1.54, 1.807) is 25.3 Å². The van der Waals surface area contributed by atoms with Crippen LogP contribution in [0.5, 0.6) is 11.5 Å². The van der Waals surface area contributed by atoms with Crippen LogP contribution in [0.3, 0.4) is 0 Å². The van der Waals surface area contributed by atoms with Crippen LogP contribution < -0.4 is 9.47 Å². The molecule has 0 saturated carbocycles. The molecular formula is C25H31FN2O3. The van der Waals surface area contributed by atoms with Crippen LogP contribution in [0.15, 0.2) is 48.5 Å². The van der Waals surface area contributed by atoms with Crippen molar-refractivity contribution < 1.29 is 18.7 Å². The first-order chi connectivity index (χ1) is 15.1. The first-order valence-electron chi connectivity index (χ1n) is 11.2. The standard InChI is InChI=1S/C25H31FN2O3/c1-30-21-8-6-19(7-9-21)18-25(29)28-14-10-20(11-15-28)27-16-12-22(13-17-27)31-24-5-3-2-4-23(24)26/h2-9,20,22H,10-18H2,1H3. The number of likely N-dealkylation sites (tertiary alicyclic amines) is 2. The van der Waals surface area contributed by atoms with Gasteiger partial charge in [-0.25, -0.2) is 4.39 Å². The molecular weight excluding hydrogens is 395 g/mol. The van der Waals surface area contributed by atoms with Crippen LogP contribution in [-0.4, -0.2) is 61.1 Å². The molecule has 2 aliphatic rings. The van der Waals surface area contributed by atoms with Crippen molar-refractivity contribution in [3.63, 3.8) is 0 Å². The van der Waals surface area contributed by atoms with Crippen molar-refractivity contribution in [3.05, 3.63) is 59.9 Å². The highest BCUT2D eigenvalue weighted by Gasteiger charge is 2.30. The largest absolute Gasteiger partial charge is 0.497 e. The van der Waals surface area contributed by atoms with E-state index in [2.05, 4.69) is 4.90 Å². The summed E-state index contributed by atoms with van der Waals surface area (Å²) in [6.45, 7) is 3.55. The lowest BCUT2D eigenvalue weighted by Crippen LogP contribution is -2.50. The summed E-state index contributed by atoms with van der Waals surface area (Å²) in [6, 6.07) is 14.8. The lowest BCUT2D eigenvalue weighted by Gasteiger charge is -2.41. The van der Waals surface area contributed by atoms with Crippen molar-refractivity contribution in [1.82, 2.24) is 9.80 Å². The lowest BCUT2D eigenvalue weighted by atomic mass is 9.98. The quantitative estimate of drug-likeness (QED) is 0.702. The maximum absolute atomic E-state index is 13.8. The van der Waals surface area contributed by atoms with Gasteiger partial charge in [-0.2, -0.15) is 0 Å². The Kier molecular flexibility index (Phi) is 7.07. The lowest BCUT2D eigenvalue weighted by molar-refractivity contribution is -0.132. The highest BCUT2D eigenvalue weighted by molar-refractivity contribution is 5.78. The smallest absolute Gasteiger partial charge is 0.226 e. The van der Waals surface area contributed by atoms with Gasteiger partial charge in [0, 0.05) is 32.2 Å². The minimum atomic E-state index is -0.295. The minimum Gasteiger partial charge on any atom is -0.497 e. The third-order valence-electron chi connectivity index (χ3n) is 6.45. The molecule has 0 aromatic heterocycles. The zero-order chi connectivity index (χ0) is 21.6. The van der Waals surface area contributed by atoms with Crippen LogP contribution in [0.25, 0.3) is 0 Å². The fourth-order valence-electron chi connectivity index (χ4n) is 4.59. The molecule has 0 N–H and O–H groups in total. The van der Waals surface area contributed by atoms with Crippen molar-refractivity contribution >= 4 is 5.91 Å². The summed E-state index contributed by atoms with van der Waals surface area (Å²) in [6.07, 6.45) is 4.34. The molecule has 0 unspecified atom stereocenters. The number of hydrogen-bond donors (Lipinski definition) is 0. The molecule has 6 heteroatoms. The van der Waals surface area contributed by atoms with Gasteiger partial charge < -0.3 is 14.4 Å². The Morgan fingerprint density at radius 2 is 1.65 bits per heavy atom. The summed E-state index contributed by atoms with van der Waals surface area (Å²) in [5, 5.41) is 0. The Balaban J connectivity index is 1.20. The highest BCUT2D eigenvalue weighted by Crippen LogP contribution is 2.25. The van der Waals surface area contributed by atoms with E-state index in [0.29, 0.717) is 18.2 Å². The number of carbonyl (C=O) groups is 1. The van der Waals surface area contributed by atoms with Gasteiger partial charge in [0.15, 0.2) is 11.6 Å². The SMILES string of the molecule is COc1ccc(CC(=O)N2CCC(N3CCC(Oc4ccccc4F)CC3)CC2)cc1. The zero-order valence-corrected chi connectivity index (χ0v) is 18.1. The molecule has 0 spiro atoms. The van der Waals surface area contributed by atoms with Crippen LogP contribution >= 0.6 is 0 Å². The van der Waals surface area contributed by atoms with Gasteiger partial charge in [0.05, 0.1) is 13.5 Å². The predicted molar refractivity (Wildman–Crippen MR) is 118 cm³/mol. The van der Waals surface area contributed by atoms with Gasteiger partial charge in [-0.15, -0.1) is 0 Å². The van der Waals surface area contributed by atoms with Gasteiger partial charge in [-0.1, -0.05) is 24.3 Å². The Hall–Kier alpha value is -2.60. The number of para-hydroxylation sites is 1. The Labute approximate surface area is 183 Å². The molecule has 0 bridgehead atoms. The molecule has 0 radical (unpaired) electrons.